The minimum Gasteiger partial charge on any atom is -0.359 e. The van der Waals surface area contributed by atoms with Gasteiger partial charge in [-0.2, -0.15) is 0 Å². The summed E-state index contributed by atoms with van der Waals surface area (Å²) < 4.78 is 0. The van der Waals surface area contributed by atoms with Crippen molar-refractivity contribution in [1.82, 2.24) is 14.8 Å². The van der Waals surface area contributed by atoms with E-state index in [1.807, 2.05) is 30.0 Å². The minimum absolute atomic E-state index is 0.0350. The maximum Gasteiger partial charge on any atom is 0.321 e. The van der Waals surface area contributed by atoms with Crippen molar-refractivity contribution in [3.63, 3.8) is 0 Å². The normalized spacial score (nSPS) is 21.8. The number of likely N-dealkylation sites (tertiary alicyclic amines) is 2. The lowest BCUT2D eigenvalue weighted by Crippen LogP contribution is -2.37. The summed E-state index contributed by atoms with van der Waals surface area (Å²) in [6, 6.07) is 8.18. The van der Waals surface area contributed by atoms with Crippen molar-refractivity contribution in [3.05, 3.63) is 30.0 Å². The van der Waals surface area contributed by atoms with Crippen molar-refractivity contribution in [2.24, 2.45) is 5.92 Å². The molecule has 0 aliphatic carbocycles. The molecule has 0 unspecified atom stereocenters. The zero-order valence-electron chi connectivity index (χ0n) is 15.1. The highest BCUT2D eigenvalue weighted by Crippen LogP contribution is 2.23. The summed E-state index contributed by atoms with van der Waals surface area (Å²) in [5.74, 6) is 0.624. The Labute approximate surface area is 149 Å². The van der Waals surface area contributed by atoms with Gasteiger partial charge in [0.2, 0.25) is 0 Å². The average Bonchev–Trinajstić information content (AvgIpc) is 3.21. The smallest absolute Gasteiger partial charge is 0.321 e. The number of urea groups is 1. The Morgan fingerprint density at radius 2 is 2.04 bits per heavy atom. The molecule has 4 rings (SSSR count). The highest BCUT2D eigenvalue weighted by Gasteiger charge is 2.28. The van der Waals surface area contributed by atoms with Gasteiger partial charge in [-0.3, -0.25) is 0 Å². The second kappa shape index (κ2) is 7.08. The Morgan fingerprint density at radius 3 is 2.88 bits per heavy atom. The number of anilines is 1. The van der Waals surface area contributed by atoms with Crippen molar-refractivity contribution in [2.45, 2.75) is 32.6 Å². The van der Waals surface area contributed by atoms with E-state index >= 15 is 0 Å². The van der Waals surface area contributed by atoms with Crippen molar-refractivity contribution in [2.75, 3.05) is 38.0 Å². The molecule has 134 valence electrons. The molecule has 2 saturated heterocycles. The molecule has 2 amide bonds. The fourth-order valence-electron chi connectivity index (χ4n) is 4.23. The van der Waals surface area contributed by atoms with Gasteiger partial charge in [0, 0.05) is 41.9 Å². The third kappa shape index (κ3) is 3.82. The molecule has 2 fully saturated rings. The standard InChI is InChI=1S/C20H28N4O/c1-15-11-17-12-18(5-6-19(17)21-15)22-20(25)24-10-7-16(14-24)13-23-8-3-2-4-9-23/h5-6,11-12,16,21H,2-4,7-10,13-14H2,1H3,(H,22,25)/t16-/m0/s1. The Kier molecular flexibility index (Phi) is 4.66. The second-order valence-electron chi connectivity index (χ2n) is 7.65. The summed E-state index contributed by atoms with van der Waals surface area (Å²) in [5, 5.41) is 4.21. The van der Waals surface area contributed by atoms with Gasteiger partial charge in [0.1, 0.15) is 0 Å². The maximum atomic E-state index is 12.6. The monoisotopic (exact) mass is 340 g/mol. The van der Waals surface area contributed by atoms with Crippen LogP contribution in [0.5, 0.6) is 0 Å². The third-order valence-corrected chi connectivity index (χ3v) is 5.54. The van der Waals surface area contributed by atoms with E-state index in [4.69, 9.17) is 0 Å². The van der Waals surface area contributed by atoms with Gasteiger partial charge in [-0.15, -0.1) is 0 Å². The first-order chi connectivity index (χ1) is 12.2. The lowest BCUT2D eigenvalue weighted by molar-refractivity contribution is 0.192. The van der Waals surface area contributed by atoms with Crippen LogP contribution in [0.1, 0.15) is 31.4 Å². The number of carbonyl (C=O) groups excluding carboxylic acids is 1. The van der Waals surface area contributed by atoms with Crippen LogP contribution in [0.4, 0.5) is 10.5 Å². The number of aromatic nitrogens is 1. The third-order valence-electron chi connectivity index (χ3n) is 5.54. The van der Waals surface area contributed by atoms with Gasteiger partial charge in [0.15, 0.2) is 0 Å². The van der Waals surface area contributed by atoms with E-state index in [9.17, 15) is 4.79 Å². The number of hydrogen-bond donors (Lipinski definition) is 2. The molecule has 1 aromatic carbocycles. The summed E-state index contributed by atoms with van der Waals surface area (Å²) in [6.45, 7) is 7.42. The first-order valence-corrected chi connectivity index (χ1v) is 9.55. The summed E-state index contributed by atoms with van der Waals surface area (Å²) in [4.78, 5) is 20.5. The van der Waals surface area contributed by atoms with Crippen LogP contribution in [0, 0.1) is 12.8 Å². The van der Waals surface area contributed by atoms with Gasteiger partial charge in [0.05, 0.1) is 0 Å². The number of aryl methyl sites for hydroxylation is 1. The number of nitrogens with zero attached hydrogens (tertiary/aromatic N) is 2. The van der Waals surface area contributed by atoms with Gasteiger partial charge >= 0.3 is 6.03 Å². The summed E-state index contributed by atoms with van der Waals surface area (Å²) in [5.41, 5.74) is 3.12. The molecule has 5 nitrogen and oxygen atoms in total. The van der Waals surface area contributed by atoms with E-state index in [1.165, 1.54) is 32.4 Å². The predicted octanol–water partition coefficient (Wildman–Crippen LogP) is 3.82. The highest BCUT2D eigenvalue weighted by molar-refractivity contribution is 5.93. The van der Waals surface area contributed by atoms with Crippen molar-refractivity contribution >= 4 is 22.6 Å². The number of H-pyrrole nitrogens is 1. The van der Waals surface area contributed by atoms with Crippen LogP contribution < -0.4 is 5.32 Å². The molecule has 5 heteroatoms. The van der Waals surface area contributed by atoms with E-state index in [0.29, 0.717) is 5.92 Å². The average molecular weight is 340 g/mol. The Hall–Kier alpha value is -2.01. The zero-order chi connectivity index (χ0) is 17.2. The Balaban J connectivity index is 1.33. The van der Waals surface area contributed by atoms with E-state index in [0.717, 1.165) is 48.3 Å². The Morgan fingerprint density at radius 1 is 1.20 bits per heavy atom. The van der Waals surface area contributed by atoms with E-state index in [1.54, 1.807) is 0 Å². The first-order valence-electron chi connectivity index (χ1n) is 9.55. The molecule has 2 aliphatic heterocycles. The second-order valence-corrected chi connectivity index (χ2v) is 7.65. The van der Waals surface area contributed by atoms with Crippen molar-refractivity contribution in [3.8, 4) is 0 Å². The molecule has 1 atom stereocenters. The fourth-order valence-corrected chi connectivity index (χ4v) is 4.23. The number of benzene rings is 1. The van der Waals surface area contributed by atoms with Crippen LogP contribution in [0.25, 0.3) is 10.9 Å². The molecule has 0 spiro atoms. The number of hydrogen-bond acceptors (Lipinski definition) is 2. The summed E-state index contributed by atoms with van der Waals surface area (Å²) in [7, 11) is 0. The lowest BCUT2D eigenvalue weighted by atomic mass is 10.1. The number of fused-ring (bicyclic) bond motifs is 1. The van der Waals surface area contributed by atoms with Gasteiger partial charge in [0.25, 0.3) is 0 Å². The predicted molar refractivity (Wildman–Crippen MR) is 102 cm³/mol. The number of aromatic amines is 1. The molecule has 0 saturated carbocycles. The number of nitrogens with one attached hydrogen (secondary N) is 2. The number of rotatable bonds is 3. The molecule has 3 heterocycles. The molecule has 2 N–H and O–H groups in total. The first kappa shape index (κ1) is 16.5. The molecule has 2 aliphatic rings. The van der Waals surface area contributed by atoms with Crippen molar-refractivity contribution < 1.29 is 4.79 Å². The fraction of sp³-hybridized carbons (Fsp3) is 0.550. The van der Waals surface area contributed by atoms with E-state index < -0.39 is 0 Å². The van der Waals surface area contributed by atoms with Gasteiger partial charge in [-0.05, 0) is 69.5 Å². The summed E-state index contributed by atoms with van der Waals surface area (Å²) in [6.07, 6.45) is 5.16. The van der Waals surface area contributed by atoms with Crippen LogP contribution in [-0.2, 0) is 0 Å². The van der Waals surface area contributed by atoms with E-state index in [-0.39, 0.29) is 6.03 Å². The highest BCUT2D eigenvalue weighted by atomic mass is 16.2. The quantitative estimate of drug-likeness (QED) is 0.892. The number of piperidine rings is 1. The maximum absolute atomic E-state index is 12.6. The van der Waals surface area contributed by atoms with E-state index in [2.05, 4.69) is 21.3 Å². The molecular weight excluding hydrogens is 312 g/mol. The van der Waals surface area contributed by atoms with Gasteiger partial charge < -0.3 is 20.1 Å². The Bertz CT molecular complexity index is 747. The van der Waals surface area contributed by atoms with Crippen LogP contribution in [0.3, 0.4) is 0 Å². The molecule has 2 aromatic rings. The topological polar surface area (TPSA) is 51.4 Å². The van der Waals surface area contributed by atoms with Crippen molar-refractivity contribution in [1.29, 1.82) is 0 Å². The molecule has 1 aromatic heterocycles. The van der Waals surface area contributed by atoms with Gasteiger partial charge in [-0.25, -0.2) is 4.79 Å². The number of amides is 2. The number of carbonyl (C=O) groups is 1. The zero-order valence-corrected chi connectivity index (χ0v) is 15.1. The molecule has 25 heavy (non-hydrogen) atoms. The van der Waals surface area contributed by atoms with Crippen LogP contribution in [-0.4, -0.2) is 53.5 Å². The molecular formula is C20H28N4O. The summed E-state index contributed by atoms with van der Waals surface area (Å²) >= 11 is 0. The van der Waals surface area contributed by atoms with Gasteiger partial charge in [-0.1, -0.05) is 6.42 Å². The minimum atomic E-state index is 0.0350. The SMILES string of the molecule is Cc1cc2cc(NC(=O)N3CC[C@@H](CN4CCCCC4)C3)ccc2[nH]1. The molecule has 0 bridgehead atoms. The largest absolute Gasteiger partial charge is 0.359 e. The lowest BCUT2D eigenvalue weighted by Gasteiger charge is -2.29. The molecule has 0 radical (unpaired) electrons. The van der Waals surface area contributed by atoms with Crippen LogP contribution >= 0.6 is 0 Å². The van der Waals surface area contributed by atoms with Crippen LogP contribution in [0.15, 0.2) is 24.3 Å². The van der Waals surface area contributed by atoms with Crippen LogP contribution in [0.2, 0.25) is 0 Å².